The first-order chi connectivity index (χ1) is 14.8. The standard InChI is InChI=1S/C23H28N4O2S/c1-28-20-12-11-17(16-21(20)29-2)22-25-26-23(27(22)19-9-4-3-5-10-19)30-15-13-18-8-6-7-14-24-18/h6-8,11-12,14,16,19H,3-5,9-10,13,15H2,1-2H3. The van der Waals surface area contributed by atoms with Gasteiger partial charge in [-0.1, -0.05) is 37.1 Å². The van der Waals surface area contributed by atoms with Crippen molar-refractivity contribution in [2.45, 2.75) is 49.7 Å². The van der Waals surface area contributed by atoms with Gasteiger partial charge in [0, 0.05) is 29.2 Å². The molecule has 0 saturated heterocycles. The van der Waals surface area contributed by atoms with Crippen LogP contribution in [0.2, 0.25) is 0 Å². The Bertz CT molecular complexity index is 955. The van der Waals surface area contributed by atoms with Gasteiger partial charge in [-0.2, -0.15) is 0 Å². The van der Waals surface area contributed by atoms with Crippen LogP contribution in [0.15, 0.2) is 47.8 Å². The van der Waals surface area contributed by atoms with Crippen LogP contribution >= 0.6 is 11.8 Å². The minimum absolute atomic E-state index is 0.439. The third-order valence-corrected chi connectivity index (χ3v) is 6.51. The Hall–Kier alpha value is -2.54. The van der Waals surface area contributed by atoms with Gasteiger partial charge in [-0.05, 0) is 49.6 Å². The Labute approximate surface area is 182 Å². The van der Waals surface area contributed by atoms with Crippen molar-refractivity contribution in [2.24, 2.45) is 0 Å². The molecule has 6 nitrogen and oxygen atoms in total. The van der Waals surface area contributed by atoms with E-state index >= 15 is 0 Å². The molecule has 30 heavy (non-hydrogen) atoms. The van der Waals surface area contributed by atoms with Crippen LogP contribution in [0.1, 0.15) is 43.8 Å². The summed E-state index contributed by atoms with van der Waals surface area (Å²) < 4.78 is 13.3. The summed E-state index contributed by atoms with van der Waals surface area (Å²) in [6.45, 7) is 0. The first-order valence-corrected chi connectivity index (χ1v) is 11.5. The highest BCUT2D eigenvalue weighted by Crippen LogP contribution is 2.38. The zero-order chi connectivity index (χ0) is 20.8. The van der Waals surface area contributed by atoms with Gasteiger partial charge >= 0.3 is 0 Å². The van der Waals surface area contributed by atoms with E-state index in [1.165, 1.54) is 32.1 Å². The lowest BCUT2D eigenvalue weighted by atomic mass is 9.95. The Morgan fingerprint density at radius 1 is 1.00 bits per heavy atom. The van der Waals surface area contributed by atoms with Gasteiger partial charge in [0.05, 0.1) is 14.2 Å². The Morgan fingerprint density at radius 3 is 2.57 bits per heavy atom. The van der Waals surface area contributed by atoms with E-state index in [1.807, 2.05) is 36.5 Å². The van der Waals surface area contributed by atoms with E-state index < -0.39 is 0 Å². The molecular formula is C23H28N4O2S. The molecule has 0 atom stereocenters. The summed E-state index contributed by atoms with van der Waals surface area (Å²) >= 11 is 1.76. The summed E-state index contributed by atoms with van der Waals surface area (Å²) in [6.07, 6.45) is 8.93. The van der Waals surface area contributed by atoms with E-state index in [0.717, 1.165) is 40.2 Å². The Kier molecular flexibility index (Phi) is 6.89. The van der Waals surface area contributed by atoms with Crippen LogP contribution in [0.4, 0.5) is 0 Å². The number of hydrogen-bond donors (Lipinski definition) is 0. The van der Waals surface area contributed by atoms with E-state index in [-0.39, 0.29) is 0 Å². The van der Waals surface area contributed by atoms with Crippen molar-refractivity contribution in [3.05, 3.63) is 48.3 Å². The van der Waals surface area contributed by atoms with Crippen molar-refractivity contribution in [1.29, 1.82) is 0 Å². The van der Waals surface area contributed by atoms with Gasteiger partial charge in [-0.3, -0.25) is 9.55 Å². The number of rotatable bonds is 8. The largest absolute Gasteiger partial charge is 0.493 e. The average Bonchev–Trinajstić information content (AvgIpc) is 3.23. The molecule has 1 aliphatic rings. The molecule has 1 fully saturated rings. The lowest BCUT2D eigenvalue weighted by molar-refractivity contribution is 0.339. The predicted octanol–water partition coefficient (Wildman–Crippen LogP) is 5.20. The average molecular weight is 425 g/mol. The van der Waals surface area contributed by atoms with Gasteiger partial charge in [0.25, 0.3) is 0 Å². The molecule has 1 aromatic carbocycles. The van der Waals surface area contributed by atoms with Gasteiger partial charge in [0.2, 0.25) is 0 Å². The second-order valence-corrected chi connectivity index (χ2v) is 8.52. The predicted molar refractivity (Wildman–Crippen MR) is 119 cm³/mol. The lowest BCUT2D eigenvalue weighted by Gasteiger charge is -2.25. The fourth-order valence-electron chi connectivity index (χ4n) is 4.01. The molecule has 4 rings (SSSR count). The van der Waals surface area contributed by atoms with E-state index in [4.69, 9.17) is 9.47 Å². The third-order valence-electron chi connectivity index (χ3n) is 5.56. The highest BCUT2D eigenvalue weighted by Gasteiger charge is 2.24. The summed E-state index contributed by atoms with van der Waals surface area (Å²) in [7, 11) is 3.31. The van der Waals surface area contributed by atoms with Gasteiger partial charge < -0.3 is 9.47 Å². The number of thioether (sulfide) groups is 1. The minimum atomic E-state index is 0.439. The van der Waals surface area contributed by atoms with Crippen molar-refractivity contribution >= 4 is 11.8 Å². The molecule has 0 N–H and O–H groups in total. The quantitative estimate of drug-likeness (QED) is 0.463. The second-order valence-electron chi connectivity index (χ2n) is 7.46. The number of aromatic nitrogens is 4. The van der Waals surface area contributed by atoms with Gasteiger partial charge in [-0.25, -0.2) is 0 Å². The summed E-state index contributed by atoms with van der Waals surface area (Å²) in [5.74, 6) is 3.25. The molecular weight excluding hydrogens is 396 g/mol. The van der Waals surface area contributed by atoms with E-state index in [0.29, 0.717) is 11.8 Å². The van der Waals surface area contributed by atoms with Crippen molar-refractivity contribution in [3.63, 3.8) is 0 Å². The first kappa shape index (κ1) is 20.7. The fraction of sp³-hybridized carbons (Fsp3) is 0.435. The maximum atomic E-state index is 5.51. The molecule has 0 bridgehead atoms. The number of methoxy groups -OCH3 is 2. The van der Waals surface area contributed by atoms with Crippen LogP contribution < -0.4 is 9.47 Å². The van der Waals surface area contributed by atoms with Crippen LogP contribution in [0, 0.1) is 0 Å². The molecule has 158 valence electrons. The molecule has 2 heterocycles. The van der Waals surface area contributed by atoms with E-state index in [1.54, 1.807) is 26.0 Å². The molecule has 2 aromatic heterocycles. The van der Waals surface area contributed by atoms with E-state index in [2.05, 4.69) is 25.8 Å². The number of hydrogen-bond acceptors (Lipinski definition) is 6. The number of ether oxygens (including phenoxy) is 2. The molecule has 0 spiro atoms. The van der Waals surface area contributed by atoms with Crippen LogP contribution in [0.5, 0.6) is 11.5 Å². The van der Waals surface area contributed by atoms with Crippen molar-refractivity contribution < 1.29 is 9.47 Å². The maximum Gasteiger partial charge on any atom is 0.191 e. The molecule has 0 aliphatic heterocycles. The van der Waals surface area contributed by atoms with Gasteiger partial charge in [0.1, 0.15) is 0 Å². The normalized spacial score (nSPS) is 14.6. The maximum absolute atomic E-state index is 5.51. The number of aryl methyl sites for hydroxylation is 1. The molecule has 1 aliphatic carbocycles. The summed E-state index contributed by atoms with van der Waals surface area (Å²) in [4.78, 5) is 4.43. The molecule has 0 amide bonds. The third kappa shape index (κ3) is 4.61. The monoisotopic (exact) mass is 424 g/mol. The van der Waals surface area contributed by atoms with E-state index in [9.17, 15) is 0 Å². The van der Waals surface area contributed by atoms with Crippen LogP contribution in [0.25, 0.3) is 11.4 Å². The molecule has 1 saturated carbocycles. The summed E-state index contributed by atoms with van der Waals surface area (Å²) in [5.41, 5.74) is 2.11. The zero-order valence-corrected chi connectivity index (χ0v) is 18.4. The van der Waals surface area contributed by atoms with Crippen molar-refractivity contribution in [2.75, 3.05) is 20.0 Å². The molecule has 3 aromatic rings. The number of pyridine rings is 1. The summed E-state index contributed by atoms with van der Waals surface area (Å²) in [6, 6.07) is 12.5. The van der Waals surface area contributed by atoms with Gasteiger partial charge in [-0.15, -0.1) is 10.2 Å². The Balaban J connectivity index is 1.62. The molecule has 0 radical (unpaired) electrons. The van der Waals surface area contributed by atoms with Crippen LogP contribution in [-0.4, -0.2) is 39.7 Å². The topological polar surface area (TPSA) is 62.1 Å². The highest BCUT2D eigenvalue weighted by molar-refractivity contribution is 7.99. The van der Waals surface area contributed by atoms with Crippen LogP contribution in [-0.2, 0) is 6.42 Å². The number of nitrogens with zero attached hydrogens (tertiary/aromatic N) is 4. The fourth-order valence-corrected chi connectivity index (χ4v) is 4.98. The number of benzene rings is 1. The van der Waals surface area contributed by atoms with Crippen molar-refractivity contribution in [1.82, 2.24) is 19.7 Å². The first-order valence-electron chi connectivity index (χ1n) is 10.5. The summed E-state index contributed by atoms with van der Waals surface area (Å²) in [5, 5.41) is 10.2. The van der Waals surface area contributed by atoms with Crippen molar-refractivity contribution in [3.8, 4) is 22.9 Å². The van der Waals surface area contributed by atoms with Crippen LogP contribution in [0.3, 0.4) is 0 Å². The SMILES string of the molecule is COc1ccc(-c2nnc(SCCc3ccccn3)n2C2CCCCC2)cc1OC. The highest BCUT2D eigenvalue weighted by atomic mass is 32.2. The molecule has 7 heteroatoms. The smallest absolute Gasteiger partial charge is 0.191 e. The lowest BCUT2D eigenvalue weighted by Crippen LogP contribution is -2.15. The molecule has 0 unspecified atom stereocenters. The Morgan fingerprint density at radius 2 is 1.83 bits per heavy atom. The second kappa shape index (κ2) is 9.98. The van der Waals surface area contributed by atoms with Gasteiger partial charge in [0.15, 0.2) is 22.5 Å². The zero-order valence-electron chi connectivity index (χ0n) is 17.6. The minimum Gasteiger partial charge on any atom is -0.493 e.